The van der Waals surface area contributed by atoms with Gasteiger partial charge >= 0.3 is 0 Å². The highest BCUT2D eigenvalue weighted by Crippen LogP contribution is 2.23. The monoisotopic (exact) mass is 320 g/mol. The number of ether oxygens (including phenoxy) is 1. The third kappa shape index (κ3) is 3.92. The maximum absolute atomic E-state index is 5.82. The van der Waals surface area contributed by atoms with Crippen LogP contribution in [0.15, 0.2) is 36.4 Å². The van der Waals surface area contributed by atoms with E-state index >= 15 is 0 Å². The number of piperidine rings is 1. The molecule has 2 aromatic carbocycles. The van der Waals surface area contributed by atoms with Crippen molar-refractivity contribution in [2.24, 2.45) is 11.7 Å². The largest absolute Gasteiger partial charge is 0.497 e. The molecule has 0 radical (unpaired) electrons. The van der Waals surface area contributed by atoms with Crippen LogP contribution in [-0.2, 0) is 6.54 Å². The third-order valence-corrected chi connectivity index (χ3v) is 4.45. The van der Waals surface area contributed by atoms with Gasteiger partial charge in [0.05, 0.1) is 7.11 Å². The third-order valence-electron chi connectivity index (χ3n) is 4.45. The predicted octanol–water partition coefficient (Wildman–Crippen LogP) is 3.44. The highest BCUT2D eigenvalue weighted by molar-refractivity contribution is 5.85. The van der Waals surface area contributed by atoms with E-state index in [0.717, 1.165) is 25.4 Å². The lowest BCUT2D eigenvalue weighted by molar-refractivity contribution is 0.171. The maximum Gasteiger partial charge on any atom is 0.119 e. The van der Waals surface area contributed by atoms with E-state index in [4.69, 9.17) is 10.5 Å². The van der Waals surface area contributed by atoms with Crippen LogP contribution in [0.2, 0.25) is 0 Å². The number of likely N-dealkylation sites (tertiary alicyclic amines) is 1. The van der Waals surface area contributed by atoms with Gasteiger partial charge in [0.25, 0.3) is 0 Å². The summed E-state index contributed by atoms with van der Waals surface area (Å²) in [5.41, 5.74) is 7.20. The van der Waals surface area contributed by atoms with E-state index in [2.05, 4.69) is 35.2 Å². The highest BCUT2D eigenvalue weighted by atomic mass is 35.5. The minimum Gasteiger partial charge on any atom is -0.497 e. The normalized spacial score (nSPS) is 18.9. The number of nitrogens with zero attached hydrogens (tertiary/aromatic N) is 1. The van der Waals surface area contributed by atoms with Crippen molar-refractivity contribution in [3.8, 4) is 5.75 Å². The van der Waals surface area contributed by atoms with E-state index in [9.17, 15) is 0 Å². The van der Waals surface area contributed by atoms with Crippen LogP contribution in [-0.4, -0.2) is 31.6 Å². The summed E-state index contributed by atoms with van der Waals surface area (Å²) in [6, 6.07) is 13.0. The molecule has 1 saturated heterocycles. The van der Waals surface area contributed by atoms with Gasteiger partial charge in [0.1, 0.15) is 5.75 Å². The van der Waals surface area contributed by atoms with Gasteiger partial charge in [-0.2, -0.15) is 0 Å². The smallest absolute Gasteiger partial charge is 0.119 e. The van der Waals surface area contributed by atoms with Crippen LogP contribution in [0, 0.1) is 5.92 Å². The maximum atomic E-state index is 5.82. The second-order valence-corrected chi connectivity index (χ2v) is 6.03. The average molecular weight is 321 g/mol. The van der Waals surface area contributed by atoms with E-state index in [-0.39, 0.29) is 12.4 Å². The highest BCUT2D eigenvalue weighted by Gasteiger charge is 2.18. The van der Waals surface area contributed by atoms with Crippen LogP contribution in [0.4, 0.5) is 0 Å². The van der Waals surface area contributed by atoms with Crippen molar-refractivity contribution in [3.05, 3.63) is 42.0 Å². The number of rotatable bonds is 4. The van der Waals surface area contributed by atoms with Gasteiger partial charge in [0, 0.05) is 13.1 Å². The molecule has 1 aliphatic heterocycles. The minimum absolute atomic E-state index is 0. The Labute approximate surface area is 138 Å². The number of halogens is 1. The molecule has 0 aliphatic carbocycles. The number of methoxy groups -OCH3 is 1. The molecule has 2 aromatic rings. The van der Waals surface area contributed by atoms with Crippen LogP contribution in [0.5, 0.6) is 5.75 Å². The molecule has 0 bridgehead atoms. The quantitative estimate of drug-likeness (QED) is 0.938. The first-order chi connectivity index (χ1) is 10.3. The van der Waals surface area contributed by atoms with Crippen molar-refractivity contribution in [1.29, 1.82) is 0 Å². The molecule has 0 spiro atoms. The molecule has 0 amide bonds. The standard InChI is InChI=1S/C18H24N2O.ClH/c1-21-18-7-6-16-9-14(4-5-17(16)10-18)12-20-8-2-3-15(11-19)13-20;/h4-7,9-10,15H,2-3,8,11-13,19H2,1H3;1H. The van der Waals surface area contributed by atoms with Gasteiger partial charge < -0.3 is 10.5 Å². The van der Waals surface area contributed by atoms with Gasteiger partial charge in [-0.25, -0.2) is 0 Å². The Morgan fingerprint density at radius 3 is 2.73 bits per heavy atom. The van der Waals surface area contributed by atoms with Gasteiger partial charge in [-0.15, -0.1) is 12.4 Å². The predicted molar refractivity (Wildman–Crippen MR) is 94.8 cm³/mol. The van der Waals surface area contributed by atoms with E-state index in [1.54, 1.807) is 7.11 Å². The second-order valence-electron chi connectivity index (χ2n) is 6.03. The average Bonchev–Trinajstić information content (AvgIpc) is 2.54. The van der Waals surface area contributed by atoms with Crippen LogP contribution in [0.25, 0.3) is 10.8 Å². The summed E-state index contributed by atoms with van der Waals surface area (Å²) in [5, 5.41) is 2.51. The topological polar surface area (TPSA) is 38.5 Å². The van der Waals surface area contributed by atoms with Gasteiger partial charge in [-0.1, -0.05) is 18.2 Å². The Balaban J connectivity index is 0.00000176. The van der Waals surface area contributed by atoms with Crippen LogP contribution in [0.3, 0.4) is 0 Å². The molecule has 0 aromatic heterocycles. The van der Waals surface area contributed by atoms with Crippen molar-refractivity contribution >= 4 is 23.2 Å². The second kappa shape index (κ2) is 7.82. The molecule has 22 heavy (non-hydrogen) atoms. The number of fused-ring (bicyclic) bond motifs is 1. The molecule has 120 valence electrons. The summed E-state index contributed by atoms with van der Waals surface area (Å²) >= 11 is 0. The number of hydrogen-bond acceptors (Lipinski definition) is 3. The zero-order valence-corrected chi connectivity index (χ0v) is 13.9. The molecule has 1 heterocycles. The SMILES string of the molecule is COc1ccc2cc(CN3CCCC(CN)C3)ccc2c1.Cl. The summed E-state index contributed by atoms with van der Waals surface area (Å²) in [5.74, 6) is 1.58. The lowest BCUT2D eigenvalue weighted by atomic mass is 9.97. The van der Waals surface area contributed by atoms with Crippen molar-refractivity contribution in [1.82, 2.24) is 4.90 Å². The molecule has 1 atom stereocenters. The van der Waals surface area contributed by atoms with Crippen LogP contribution >= 0.6 is 12.4 Å². The van der Waals surface area contributed by atoms with Crippen LogP contribution < -0.4 is 10.5 Å². The lowest BCUT2D eigenvalue weighted by Crippen LogP contribution is -2.37. The number of hydrogen-bond donors (Lipinski definition) is 1. The molecule has 1 fully saturated rings. The first-order valence-corrected chi connectivity index (χ1v) is 7.77. The Morgan fingerprint density at radius 2 is 1.95 bits per heavy atom. The molecule has 1 aliphatic rings. The molecule has 3 rings (SSSR count). The fraction of sp³-hybridized carbons (Fsp3) is 0.444. The molecule has 2 N–H and O–H groups in total. The molecule has 0 saturated carbocycles. The first kappa shape index (κ1) is 17.1. The Kier molecular flexibility index (Phi) is 6.07. The van der Waals surface area contributed by atoms with Gasteiger partial charge in [-0.05, 0) is 66.4 Å². The molecule has 1 unspecified atom stereocenters. The number of benzene rings is 2. The van der Waals surface area contributed by atoms with Crippen molar-refractivity contribution in [2.45, 2.75) is 19.4 Å². The first-order valence-electron chi connectivity index (χ1n) is 7.77. The summed E-state index contributed by atoms with van der Waals surface area (Å²) in [4.78, 5) is 2.53. The van der Waals surface area contributed by atoms with E-state index < -0.39 is 0 Å². The van der Waals surface area contributed by atoms with Crippen molar-refractivity contribution in [3.63, 3.8) is 0 Å². The summed E-state index contributed by atoms with van der Waals surface area (Å²) in [6.45, 7) is 4.17. The van der Waals surface area contributed by atoms with Crippen molar-refractivity contribution in [2.75, 3.05) is 26.7 Å². The molecular formula is C18H25ClN2O. The molecule has 4 heteroatoms. The van der Waals surface area contributed by atoms with Gasteiger partial charge in [0.15, 0.2) is 0 Å². The fourth-order valence-electron chi connectivity index (χ4n) is 3.24. The summed E-state index contributed by atoms with van der Waals surface area (Å²) in [6.07, 6.45) is 2.55. The van der Waals surface area contributed by atoms with Gasteiger partial charge in [-0.3, -0.25) is 4.90 Å². The van der Waals surface area contributed by atoms with E-state index in [1.165, 1.54) is 35.7 Å². The number of nitrogens with two attached hydrogens (primary N) is 1. The Bertz CT molecular complexity index is 617. The van der Waals surface area contributed by atoms with Gasteiger partial charge in [0.2, 0.25) is 0 Å². The van der Waals surface area contributed by atoms with Crippen molar-refractivity contribution < 1.29 is 4.74 Å². The Morgan fingerprint density at radius 1 is 1.18 bits per heavy atom. The van der Waals surface area contributed by atoms with E-state index in [0.29, 0.717) is 5.92 Å². The lowest BCUT2D eigenvalue weighted by Gasteiger charge is -2.32. The minimum atomic E-state index is 0. The van der Waals surface area contributed by atoms with Crippen LogP contribution in [0.1, 0.15) is 18.4 Å². The van der Waals surface area contributed by atoms with E-state index in [1.807, 2.05) is 6.07 Å². The summed E-state index contributed by atoms with van der Waals surface area (Å²) < 4.78 is 5.28. The zero-order valence-electron chi connectivity index (χ0n) is 13.1. The zero-order chi connectivity index (χ0) is 14.7. The summed E-state index contributed by atoms with van der Waals surface area (Å²) in [7, 11) is 1.71. The molecular weight excluding hydrogens is 296 g/mol. The Hall–Kier alpha value is -1.29. The molecule has 3 nitrogen and oxygen atoms in total. The fourth-order valence-corrected chi connectivity index (χ4v) is 3.24.